The highest BCUT2D eigenvalue weighted by Gasteiger charge is 2.37. The summed E-state index contributed by atoms with van der Waals surface area (Å²) in [6.45, 7) is 4.00. The minimum Gasteiger partial charge on any atom is -0.323 e. The normalized spacial score (nSPS) is 24.9. The second kappa shape index (κ2) is 6.84. The van der Waals surface area contributed by atoms with E-state index in [0.717, 1.165) is 17.8 Å². The van der Waals surface area contributed by atoms with Gasteiger partial charge in [0.1, 0.15) is 12.7 Å². The molecule has 2 bridgehead atoms. The van der Waals surface area contributed by atoms with Crippen LogP contribution in [-0.2, 0) is 6.54 Å². The molecule has 3 aliphatic rings. The first kappa shape index (κ1) is 16.1. The zero-order valence-electron chi connectivity index (χ0n) is 14.5. The van der Waals surface area contributed by atoms with Crippen LogP contribution >= 0.6 is 0 Å². The summed E-state index contributed by atoms with van der Waals surface area (Å²) in [6, 6.07) is 8.18. The average molecular weight is 340 g/mol. The highest BCUT2D eigenvalue weighted by Crippen LogP contribution is 2.30. The Morgan fingerprint density at radius 2 is 2.20 bits per heavy atom. The molecule has 4 heterocycles. The molecule has 5 rings (SSSR count). The molecular weight excluding hydrogens is 316 g/mol. The zero-order valence-corrected chi connectivity index (χ0v) is 14.5. The topological polar surface area (TPSA) is 66.3 Å². The molecule has 2 aromatic rings. The Morgan fingerprint density at radius 1 is 1.36 bits per heavy atom. The van der Waals surface area contributed by atoms with Crippen LogP contribution in [0.2, 0.25) is 0 Å². The maximum absolute atomic E-state index is 12.7. The summed E-state index contributed by atoms with van der Waals surface area (Å²) in [6.07, 6.45) is 5.62. The van der Waals surface area contributed by atoms with Gasteiger partial charge in [0.25, 0.3) is 0 Å². The number of urea groups is 1. The van der Waals surface area contributed by atoms with Gasteiger partial charge in [-0.1, -0.05) is 12.1 Å². The minimum atomic E-state index is -0.0309. The molecule has 1 aromatic heterocycles. The molecule has 1 aromatic carbocycles. The van der Waals surface area contributed by atoms with Crippen molar-refractivity contribution in [1.29, 1.82) is 0 Å². The number of piperidine rings is 3. The highest BCUT2D eigenvalue weighted by molar-refractivity contribution is 5.89. The van der Waals surface area contributed by atoms with Gasteiger partial charge >= 0.3 is 6.03 Å². The molecule has 3 aliphatic heterocycles. The molecule has 0 saturated carbocycles. The average Bonchev–Trinajstić information content (AvgIpc) is 3.15. The molecule has 0 aliphatic carbocycles. The molecule has 25 heavy (non-hydrogen) atoms. The summed E-state index contributed by atoms with van der Waals surface area (Å²) < 4.78 is 1.76. The van der Waals surface area contributed by atoms with Crippen LogP contribution in [0.15, 0.2) is 36.9 Å². The molecule has 7 nitrogen and oxygen atoms in total. The van der Waals surface area contributed by atoms with Crippen molar-refractivity contribution in [3.05, 3.63) is 42.5 Å². The largest absolute Gasteiger partial charge is 0.323 e. The van der Waals surface area contributed by atoms with Gasteiger partial charge < -0.3 is 15.1 Å². The molecule has 0 spiro atoms. The number of fused-ring (bicyclic) bond motifs is 3. The number of amides is 2. The predicted molar refractivity (Wildman–Crippen MR) is 95.3 cm³/mol. The first-order valence-corrected chi connectivity index (χ1v) is 8.86. The number of anilines is 1. The standard InChI is InChI=1S/C18H24N6O/c1-22(17-11-23-7-5-15(17)6-8-23)18(25)21-16-4-2-3-14(9-16)10-24-13-19-12-20-24/h2-4,9,12-13,15,17H,5-8,10-11H2,1H3,(H,21,25). The van der Waals surface area contributed by atoms with E-state index in [-0.39, 0.29) is 6.03 Å². The van der Waals surface area contributed by atoms with Gasteiger partial charge in [-0.15, -0.1) is 0 Å². The Labute approximate surface area is 147 Å². The summed E-state index contributed by atoms with van der Waals surface area (Å²) in [5.41, 5.74) is 1.89. The molecule has 1 N–H and O–H groups in total. The van der Waals surface area contributed by atoms with Crippen molar-refractivity contribution in [2.45, 2.75) is 25.4 Å². The third kappa shape index (κ3) is 3.51. The minimum absolute atomic E-state index is 0.0309. The van der Waals surface area contributed by atoms with E-state index in [2.05, 4.69) is 20.3 Å². The van der Waals surface area contributed by atoms with Crippen LogP contribution in [0, 0.1) is 5.92 Å². The highest BCUT2D eigenvalue weighted by atomic mass is 16.2. The number of benzene rings is 1. The van der Waals surface area contributed by atoms with Crippen molar-refractivity contribution < 1.29 is 4.79 Å². The molecule has 1 unspecified atom stereocenters. The molecule has 7 heteroatoms. The van der Waals surface area contributed by atoms with Gasteiger partial charge in [0.2, 0.25) is 0 Å². The third-order valence-corrected chi connectivity index (χ3v) is 5.43. The molecule has 3 fully saturated rings. The summed E-state index contributed by atoms with van der Waals surface area (Å²) in [4.78, 5) is 21.0. The number of hydrogen-bond acceptors (Lipinski definition) is 4. The van der Waals surface area contributed by atoms with Crippen LogP contribution in [0.5, 0.6) is 0 Å². The van der Waals surface area contributed by atoms with E-state index in [1.165, 1.54) is 32.3 Å². The number of carbonyl (C=O) groups is 1. The van der Waals surface area contributed by atoms with Crippen molar-refractivity contribution in [2.24, 2.45) is 5.92 Å². The number of aromatic nitrogens is 3. The smallest absolute Gasteiger partial charge is 0.321 e. The van der Waals surface area contributed by atoms with Gasteiger partial charge in [-0.25, -0.2) is 14.5 Å². The number of nitrogens with zero attached hydrogens (tertiary/aromatic N) is 5. The molecule has 3 saturated heterocycles. The lowest BCUT2D eigenvalue weighted by atomic mass is 9.83. The Morgan fingerprint density at radius 3 is 2.88 bits per heavy atom. The Balaban J connectivity index is 1.40. The van der Waals surface area contributed by atoms with Crippen LogP contribution in [0.1, 0.15) is 18.4 Å². The first-order chi connectivity index (χ1) is 12.2. The molecule has 132 valence electrons. The van der Waals surface area contributed by atoms with Crippen LogP contribution in [-0.4, -0.2) is 63.3 Å². The van der Waals surface area contributed by atoms with Gasteiger partial charge in [0.05, 0.1) is 6.54 Å². The van der Waals surface area contributed by atoms with E-state index < -0.39 is 0 Å². The third-order valence-electron chi connectivity index (χ3n) is 5.43. The van der Waals surface area contributed by atoms with Crippen molar-refractivity contribution in [3.8, 4) is 0 Å². The first-order valence-electron chi connectivity index (χ1n) is 8.86. The number of nitrogens with one attached hydrogen (secondary N) is 1. The van der Waals surface area contributed by atoms with Crippen LogP contribution < -0.4 is 5.32 Å². The van der Waals surface area contributed by atoms with Crippen molar-refractivity contribution in [3.63, 3.8) is 0 Å². The maximum Gasteiger partial charge on any atom is 0.321 e. The molecule has 2 amide bonds. The summed E-state index contributed by atoms with van der Waals surface area (Å²) in [5, 5.41) is 7.16. The summed E-state index contributed by atoms with van der Waals surface area (Å²) in [7, 11) is 1.92. The van der Waals surface area contributed by atoms with E-state index >= 15 is 0 Å². The Bertz CT molecular complexity index is 723. The van der Waals surface area contributed by atoms with Crippen molar-refractivity contribution in [2.75, 3.05) is 32.0 Å². The molecular formula is C18H24N6O. The van der Waals surface area contributed by atoms with Gasteiger partial charge in [0.15, 0.2) is 0 Å². The fourth-order valence-electron chi connectivity index (χ4n) is 3.98. The fourth-order valence-corrected chi connectivity index (χ4v) is 3.98. The van der Waals surface area contributed by atoms with Gasteiger partial charge in [0, 0.05) is 25.3 Å². The van der Waals surface area contributed by atoms with Gasteiger partial charge in [-0.2, -0.15) is 5.10 Å². The van der Waals surface area contributed by atoms with Gasteiger partial charge in [-0.05, 0) is 49.5 Å². The molecule has 1 atom stereocenters. The van der Waals surface area contributed by atoms with Crippen LogP contribution in [0.25, 0.3) is 0 Å². The van der Waals surface area contributed by atoms with E-state index in [0.29, 0.717) is 18.5 Å². The Kier molecular flexibility index (Phi) is 4.40. The number of rotatable bonds is 4. The lowest BCUT2D eigenvalue weighted by Gasteiger charge is -2.47. The maximum atomic E-state index is 12.7. The summed E-state index contributed by atoms with van der Waals surface area (Å²) >= 11 is 0. The fraction of sp³-hybridized carbons (Fsp3) is 0.500. The lowest BCUT2D eigenvalue weighted by Crippen LogP contribution is -2.58. The molecule has 0 radical (unpaired) electrons. The zero-order chi connectivity index (χ0) is 17.2. The second-order valence-corrected chi connectivity index (χ2v) is 7.04. The van der Waals surface area contributed by atoms with E-state index in [4.69, 9.17) is 0 Å². The SMILES string of the molecule is CN(C(=O)Nc1cccc(Cn2cncn2)c1)C1CN2CCC1CC2. The van der Waals surface area contributed by atoms with E-state index in [9.17, 15) is 4.79 Å². The Hall–Kier alpha value is -2.41. The predicted octanol–water partition coefficient (Wildman–Crippen LogP) is 1.88. The van der Waals surface area contributed by atoms with Crippen molar-refractivity contribution >= 4 is 11.7 Å². The van der Waals surface area contributed by atoms with Crippen LogP contribution in [0.4, 0.5) is 10.5 Å². The van der Waals surface area contributed by atoms with Crippen LogP contribution in [0.3, 0.4) is 0 Å². The quantitative estimate of drug-likeness (QED) is 0.923. The number of carbonyl (C=O) groups excluding carboxylic acids is 1. The number of likely N-dealkylation sites (N-methyl/N-ethyl adjacent to an activating group) is 1. The van der Waals surface area contributed by atoms with E-state index in [1.807, 2.05) is 36.2 Å². The monoisotopic (exact) mass is 340 g/mol. The summed E-state index contributed by atoms with van der Waals surface area (Å²) in [5.74, 6) is 0.638. The number of hydrogen-bond donors (Lipinski definition) is 1. The lowest BCUT2D eigenvalue weighted by molar-refractivity contribution is 0.0336. The van der Waals surface area contributed by atoms with E-state index in [1.54, 1.807) is 11.0 Å². The van der Waals surface area contributed by atoms with Gasteiger partial charge in [-0.3, -0.25) is 0 Å². The van der Waals surface area contributed by atoms with Crippen molar-refractivity contribution in [1.82, 2.24) is 24.6 Å². The second-order valence-electron chi connectivity index (χ2n) is 7.04.